The summed E-state index contributed by atoms with van der Waals surface area (Å²) >= 11 is 11.1. The van der Waals surface area contributed by atoms with Crippen LogP contribution in [-0.2, 0) is 0 Å². The first-order valence-corrected chi connectivity index (χ1v) is 4.37. The summed E-state index contributed by atoms with van der Waals surface area (Å²) in [5.41, 5.74) is 5.24. The molecule has 78 valence electrons. The van der Waals surface area contributed by atoms with Crippen molar-refractivity contribution in [1.82, 2.24) is 4.98 Å². The molecule has 0 saturated carbocycles. The normalized spacial score (nSPS) is 10.3. The van der Waals surface area contributed by atoms with Crippen LogP contribution >= 0.6 is 23.2 Å². The number of aromatic nitrogens is 1. The minimum atomic E-state index is -0.957. The fraction of sp³-hybridized carbons (Fsp3) is 0.286. The van der Waals surface area contributed by atoms with Crippen molar-refractivity contribution in [2.24, 2.45) is 0 Å². The van der Waals surface area contributed by atoms with Crippen molar-refractivity contribution < 1.29 is 14.2 Å². The second-order valence-corrected chi connectivity index (χ2v) is 3.08. The molecular formula is C7H7Cl2FN2O2. The van der Waals surface area contributed by atoms with Crippen LogP contribution in [0.25, 0.3) is 0 Å². The standard InChI is InChI=1S/C7H7Cl2FN2O2/c8-3-5(11)4(9)7(12-6(3)10)14-2-1-13/h13H,1-2H2,(H2,11,12). The van der Waals surface area contributed by atoms with Crippen LogP contribution in [0.4, 0.5) is 10.1 Å². The number of anilines is 1. The fourth-order valence-electron chi connectivity index (χ4n) is 0.748. The Morgan fingerprint density at radius 3 is 2.64 bits per heavy atom. The highest BCUT2D eigenvalue weighted by atomic mass is 35.5. The van der Waals surface area contributed by atoms with Gasteiger partial charge < -0.3 is 15.6 Å². The average molecular weight is 241 g/mol. The van der Waals surface area contributed by atoms with Crippen molar-refractivity contribution in [2.45, 2.75) is 0 Å². The van der Waals surface area contributed by atoms with Crippen LogP contribution < -0.4 is 10.5 Å². The van der Waals surface area contributed by atoms with Crippen molar-refractivity contribution in [3.8, 4) is 5.88 Å². The van der Waals surface area contributed by atoms with Crippen LogP contribution in [0, 0.1) is 5.95 Å². The zero-order valence-corrected chi connectivity index (χ0v) is 8.44. The highest BCUT2D eigenvalue weighted by molar-refractivity contribution is 6.39. The lowest BCUT2D eigenvalue weighted by Crippen LogP contribution is -2.06. The predicted molar refractivity (Wildman–Crippen MR) is 51.2 cm³/mol. The molecule has 0 atom stereocenters. The molecule has 0 amide bonds. The van der Waals surface area contributed by atoms with Gasteiger partial charge in [0, 0.05) is 0 Å². The van der Waals surface area contributed by atoms with Gasteiger partial charge in [-0.1, -0.05) is 23.2 Å². The number of halogens is 3. The van der Waals surface area contributed by atoms with Gasteiger partial charge >= 0.3 is 0 Å². The maximum Gasteiger partial charge on any atom is 0.237 e. The number of hydrogen-bond acceptors (Lipinski definition) is 4. The van der Waals surface area contributed by atoms with Crippen molar-refractivity contribution in [2.75, 3.05) is 18.9 Å². The molecule has 0 radical (unpaired) electrons. The van der Waals surface area contributed by atoms with Gasteiger partial charge in [0.1, 0.15) is 16.7 Å². The quantitative estimate of drug-likeness (QED) is 0.786. The van der Waals surface area contributed by atoms with Gasteiger partial charge in [0.25, 0.3) is 0 Å². The molecule has 1 aromatic rings. The molecular weight excluding hydrogens is 234 g/mol. The summed E-state index contributed by atoms with van der Waals surface area (Å²) in [5.74, 6) is -1.14. The van der Waals surface area contributed by atoms with E-state index in [0.29, 0.717) is 0 Å². The topological polar surface area (TPSA) is 68.4 Å². The molecule has 1 rings (SSSR count). The molecule has 0 aliphatic rings. The average Bonchev–Trinajstić information content (AvgIpc) is 2.18. The Morgan fingerprint density at radius 2 is 2.07 bits per heavy atom. The third-order valence-electron chi connectivity index (χ3n) is 1.37. The minimum absolute atomic E-state index is 0.0484. The molecule has 7 heteroatoms. The summed E-state index contributed by atoms with van der Waals surface area (Å²) in [6.45, 7) is -0.282. The summed E-state index contributed by atoms with van der Waals surface area (Å²) < 4.78 is 17.8. The number of hydrogen-bond donors (Lipinski definition) is 2. The number of nitrogens with two attached hydrogens (primary N) is 1. The lowest BCUT2D eigenvalue weighted by atomic mass is 10.4. The Kier molecular flexibility index (Phi) is 3.74. The number of rotatable bonds is 3. The molecule has 1 heterocycles. The number of aliphatic hydroxyl groups excluding tert-OH is 1. The SMILES string of the molecule is Nc1c(Cl)c(F)nc(OCCO)c1Cl. The van der Waals surface area contributed by atoms with Crippen molar-refractivity contribution in [3.05, 3.63) is 16.0 Å². The van der Waals surface area contributed by atoms with Gasteiger partial charge in [-0.25, -0.2) is 0 Å². The van der Waals surface area contributed by atoms with Gasteiger partial charge in [0.05, 0.1) is 12.3 Å². The summed E-state index contributed by atoms with van der Waals surface area (Å²) in [4.78, 5) is 3.33. The molecule has 3 N–H and O–H groups in total. The van der Waals surface area contributed by atoms with Crippen molar-refractivity contribution in [1.29, 1.82) is 0 Å². The van der Waals surface area contributed by atoms with E-state index in [2.05, 4.69) is 4.98 Å². The van der Waals surface area contributed by atoms with E-state index in [1.165, 1.54) is 0 Å². The zero-order chi connectivity index (χ0) is 10.7. The summed E-state index contributed by atoms with van der Waals surface area (Å²) in [5, 5.41) is 8.06. The largest absolute Gasteiger partial charge is 0.474 e. The van der Waals surface area contributed by atoms with E-state index in [4.69, 9.17) is 38.8 Å². The molecule has 4 nitrogen and oxygen atoms in total. The highest BCUT2D eigenvalue weighted by Gasteiger charge is 2.15. The van der Waals surface area contributed by atoms with E-state index in [9.17, 15) is 4.39 Å². The maximum absolute atomic E-state index is 12.9. The molecule has 1 aromatic heterocycles. The molecule has 0 unspecified atom stereocenters. The third-order valence-corrected chi connectivity index (χ3v) is 2.10. The Labute approximate surface area is 89.4 Å². The van der Waals surface area contributed by atoms with Crippen LogP contribution in [0.3, 0.4) is 0 Å². The number of pyridine rings is 1. The first kappa shape index (κ1) is 11.3. The fourth-order valence-corrected chi connectivity index (χ4v) is 1.12. The Morgan fingerprint density at radius 1 is 1.43 bits per heavy atom. The van der Waals surface area contributed by atoms with Crippen LogP contribution in [0.15, 0.2) is 0 Å². The smallest absolute Gasteiger partial charge is 0.237 e. The molecule has 0 bridgehead atoms. The van der Waals surface area contributed by atoms with E-state index in [1.807, 2.05) is 0 Å². The van der Waals surface area contributed by atoms with Gasteiger partial charge in [-0.05, 0) is 0 Å². The van der Waals surface area contributed by atoms with Crippen LogP contribution in [-0.4, -0.2) is 23.3 Å². The number of ether oxygens (including phenoxy) is 1. The van der Waals surface area contributed by atoms with E-state index < -0.39 is 5.95 Å². The second-order valence-electron chi connectivity index (χ2n) is 2.32. The second kappa shape index (κ2) is 4.63. The lowest BCUT2D eigenvalue weighted by Gasteiger charge is -2.08. The molecule has 0 saturated heterocycles. The number of aliphatic hydroxyl groups is 1. The predicted octanol–water partition coefficient (Wildman–Crippen LogP) is 1.48. The molecule has 0 aromatic carbocycles. The maximum atomic E-state index is 12.9. The Hall–Kier alpha value is -0.780. The Balaban J connectivity index is 3.06. The molecule has 14 heavy (non-hydrogen) atoms. The molecule has 0 aliphatic carbocycles. The van der Waals surface area contributed by atoms with E-state index in [-0.39, 0.29) is 34.8 Å². The third kappa shape index (κ3) is 2.17. The number of nitrogen functional groups attached to an aromatic ring is 1. The van der Waals surface area contributed by atoms with E-state index >= 15 is 0 Å². The van der Waals surface area contributed by atoms with Gasteiger partial charge in [-0.15, -0.1) is 0 Å². The van der Waals surface area contributed by atoms with E-state index in [0.717, 1.165) is 0 Å². The van der Waals surface area contributed by atoms with Crippen molar-refractivity contribution in [3.63, 3.8) is 0 Å². The molecule has 0 aliphatic heterocycles. The summed E-state index contributed by atoms with van der Waals surface area (Å²) in [6.07, 6.45) is 0. The molecule has 0 spiro atoms. The molecule has 0 fully saturated rings. The summed E-state index contributed by atoms with van der Waals surface area (Å²) in [7, 11) is 0. The monoisotopic (exact) mass is 240 g/mol. The van der Waals surface area contributed by atoms with E-state index in [1.54, 1.807) is 0 Å². The van der Waals surface area contributed by atoms with Gasteiger partial charge in [0.2, 0.25) is 11.8 Å². The van der Waals surface area contributed by atoms with Gasteiger partial charge in [-0.3, -0.25) is 0 Å². The lowest BCUT2D eigenvalue weighted by molar-refractivity contribution is 0.195. The first-order valence-electron chi connectivity index (χ1n) is 3.61. The van der Waals surface area contributed by atoms with Crippen LogP contribution in [0.5, 0.6) is 5.88 Å². The minimum Gasteiger partial charge on any atom is -0.474 e. The first-order chi connectivity index (χ1) is 6.57. The van der Waals surface area contributed by atoms with Crippen LogP contribution in [0.1, 0.15) is 0 Å². The zero-order valence-electron chi connectivity index (χ0n) is 6.93. The number of nitrogens with zero attached hydrogens (tertiary/aromatic N) is 1. The van der Waals surface area contributed by atoms with Crippen LogP contribution in [0.2, 0.25) is 10.0 Å². The Bertz CT molecular complexity index is 349. The van der Waals surface area contributed by atoms with Gasteiger partial charge in [0.15, 0.2) is 0 Å². The highest BCUT2D eigenvalue weighted by Crippen LogP contribution is 2.35. The van der Waals surface area contributed by atoms with Gasteiger partial charge in [-0.2, -0.15) is 9.37 Å². The van der Waals surface area contributed by atoms with Crippen molar-refractivity contribution >= 4 is 28.9 Å². The summed E-state index contributed by atoms with van der Waals surface area (Å²) in [6, 6.07) is 0.